The fourth-order valence-corrected chi connectivity index (χ4v) is 1.80. The molecule has 90 valence electrons. The number of ether oxygens (including phenoxy) is 2. The predicted octanol–water partition coefficient (Wildman–Crippen LogP) is 3.19. The van der Waals surface area contributed by atoms with Gasteiger partial charge in [-0.15, -0.1) is 13.2 Å². The highest BCUT2D eigenvalue weighted by atomic mass is 79.9. The lowest BCUT2D eigenvalue weighted by atomic mass is 10.2. The minimum Gasteiger partial charge on any atom is -0.491 e. The second kappa shape index (κ2) is 4.90. The summed E-state index contributed by atoms with van der Waals surface area (Å²) in [5.74, 6) is -0.392. The molecule has 0 saturated heterocycles. The number of alkyl halides is 4. The molecule has 7 heteroatoms. The first kappa shape index (κ1) is 13.1. The van der Waals surface area contributed by atoms with Crippen molar-refractivity contribution in [3.8, 4) is 11.5 Å². The number of nitrogens with zero attached hydrogens (tertiary/aromatic N) is 1. The normalized spacial score (nSPS) is 11.4. The number of aromatic nitrogens is 1. The Hall–Kier alpha value is -0.980. The molecule has 0 fully saturated rings. The van der Waals surface area contributed by atoms with Gasteiger partial charge >= 0.3 is 6.36 Å². The molecule has 0 aliphatic carbocycles. The first-order valence-electron chi connectivity index (χ1n) is 4.23. The third kappa shape index (κ3) is 3.01. The Labute approximate surface area is 98.7 Å². The van der Waals surface area contributed by atoms with E-state index in [0.717, 1.165) is 0 Å². The molecule has 0 N–H and O–H groups in total. The number of methoxy groups -OCH3 is 1. The van der Waals surface area contributed by atoms with Crippen LogP contribution in [0.5, 0.6) is 11.5 Å². The van der Waals surface area contributed by atoms with Crippen molar-refractivity contribution < 1.29 is 22.6 Å². The highest BCUT2D eigenvalue weighted by Gasteiger charge is 2.34. The fourth-order valence-electron chi connectivity index (χ4n) is 1.14. The van der Waals surface area contributed by atoms with Gasteiger partial charge in [0, 0.05) is 16.6 Å². The van der Waals surface area contributed by atoms with E-state index in [9.17, 15) is 13.2 Å². The van der Waals surface area contributed by atoms with Crippen LogP contribution in [0.2, 0.25) is 0 Å². The van der Waals surface area contributed by atoms with Crippen molar-refractivity contribution in [1.82, 2.24) is 4.98 Å². The Balaban J connectivity index is 3.25. The zero-order valence-electron chi connectivity index (χ0n) is 8.56. The predicted molar refractivity (Wildman–Crippen MR) is 54.8 cm³/mol. The van der Waals surface area contributed by atoms with E-state index in [-0.39, 0.29) is 16.8 Å². The van der Waals surface area contributed by atoms with Gasteiger partial charge in [-0.05, 0) is 6.92 Å². The van der Waals surface area contributed by atoms with Crippen LogP contribution in [0, 0.1) is 6.92 Å². The van der Waals surface area contributed by atoms with Gasteiger partial charge in [-0.1, -0.05) is 15.9 Å². The molecule has 0 spiro atoms. The molecule has 0 unspecified atom stereocenters. The van der Waals surface area contributed by atoms with Crippen LogP contribution in [0.3, 0.4) is 0 Å². The summed E-state index contributed by atoms with van der Waals surface area (Å²) in [6.07, 6.45) is -3.56. The van der Waals surface area contributed by atoms with Gasteiger partial charge in [0.2, 0.25) is 0 Å². The summed E-state index contributed by atoms with van der Waals surface area (Å²) in [6.45, 7) is 1.60. The van der Waals surface area contributed by atoms with E-state index in [2.05, 4.69) is 25.7 Å². The van der Waals surface area contributed by atoms with E-state index in [1.54, 1.807) is 6.92 Å². The smallest absolute Gasteiger partial charge is 0.491 e. The fraction of sp³-hybridized carbons (Fsp3) is 0.444. The van der Waals surface area contributed by atoms with Crippen molar-refractivity contribution in [3.05, 3.63) is 17.5 Å². The number of halogens is 4. The third-order valence-corrected chi connectivity index (χ3v) is 2.44. The molecular weight excluding hydrogens is 291 g/mol. The van der Waals surface area contributed by atoms with E-state index in [4.69, 9.17) is 4.74 Å². The van der Waals surface area contributed by atoms with Gasteiger partial charge in [0.05, 0.1) is 13.3 Å². The third-order valence-electron chi connectivity index (χ3n) is 1.88. The number of rotatable bonds is 3. The molecule has 0 bridgehead atoms. The van der Waals surface area contributed by atoms with Gasteiger partial charge in [0.15, 0.2) is 11.5 Å². The zero-order valence-corrected chi connectivity index (χ0v) is 10.1. The molecular formula is C9H9BrF3NO2. The Morgan fingerprint density at radius 1 is 1.44 bits per heavy atom. The van der Waals surface area contributed by atoms with Crippen molar-refractivity contribution in [2.75, 3.05) is 7.11 Å². The molecule has 0 atom stereocenters. The lowest BCUT2D eigenvalue weighted by Gasteiger charge is -2.16. The van der Waals surface area contributed by atoms with Gasteiger partial charge in [0.25, 0.3) is 0 Å². The summed E-state index contributed by atoms with van der Waals surface area (Å²) < 4.78 is 45.3. The van der Waals surface area contributed by atoms with Crippen LogP contribution in [0.15, 0.2) is 6.20 Å². The van der Waals surface area contributed by atoms with Crippen molar-refractivity contribution in [1.29, 1.82) is 0 Å². The average molecular weight is 300 g/mol. The van der Waals surface area contributed by atoms with Crippen molar-refractivity contribution in [2.24, 2.45) is 0 Å². The Morgan fingerprint density at radius 3 is 2.50 bits per heavy atom. The number of hydrogen-bond donors (Lipinski definition) is 0. The van der Waals surface area contributed by atoms with Crippen LogP contribution in [0.25, 0.3) is 0 Å². The largest absolute Gasteiger partial charge is 0.573 e. The summed E-state index contributed by atoms with van der Waals surface area (Å²) in [7, 11) is 1.26. The molecule has 0 aliphatic rings. The molecule has 16 heavy (non-hydrogen) atoms. The molecule has 0 saturated carbocycles. The van der Waals surface area contributed by atoms with E-state index >= 15 is 0 Å². The topological polar surface area (TPSA) is 31.4 Å². The first-order chi connectivity index (χ1) is 7.39. The van der Waals surface area contributed by atoms with Crippen LogP contribution in [-0.4, -0.2) is 18.5 Å². The van der Waals surface area contributed by atoms with Crippen LogP contribution < -0.4 is 9.47 Å². The maximum absolute atomic E-state index is 12.2. The minimum atomic E-state index is -4.75. The Morgan fingerprint density at radius 2 is 2.06 bits per heavy atom. The van der Waals surface area contributed by atoms with Crippen molar-refractivity contribution in [3.63, 3.8) is 0 Å². The molecule has 0 aromatic carbocycles. The molecule has 0 radical (unpaired) electrons. The van der Waals surface area contributed by atoms with E-state index in [1.807, 2.05) is 0 Å². The van der Waals surface area contributed by atoms with E-state index < -0.39 is 6.36 Å². The molecule has 1 rings (SSSR count). The SMILES string of the molecule is COc1cnc(C)c(CBr)c1OC(F)(F)F. The summed E-state index contributed by atoms with van der Waals surface area (Å²) in [6, 6.07) is 0. The molecule has 0 amide bonds. The average Bonchev–Trinajstić information content (AvgIpc) is 2.16. The maximum atomic E-state index is 12.2. The number of hydrogen-bond acceptors (Lipinski definition) is 3. The second-order valence-corrected chi connectivity index (χ2v) is 3.46. The minimum absolute atomic E-state index is 0.0441. The molecule has 3 nitrogen and oxygen atoms in total. The molecule has 0 aliphatic heterocycles. The van der Waals surface area contributed by atoms with Gasteiger partial charge in [0.1, 0.15) is 0 Å². The Kier molecular flexibility index (Phi) is 4.01. The van der Waals surface area contributed by atoms with Crippen LogP contribution in [0.1, 0.15) is 11.3 Å². The van der Waals surface area contributed by atoms with Gasteiger partial charge < -0.3 is 9.47 Å². The molecule has 1 heterocycles. The maximum Gasteiger partial charge on any atom is 0.573 e. The van der Waals surface area contributed by atoms with E-state index in [1.165, 1.54) is 13.3 Å². The van der Waals surface area contributed by atoms with Crippen LogP contribution >= 0.6 is 15.9 Å². The van der Waals surface area contributed by atoms with E-state index in [0.29, 0.717) is 11.3 Å². The lowest BCUT2D eigenvalue weighted by Crippen LogP contribution is -2.19. The van der Waals surface area contributed by atoms with Crippen molar-refractivity contribution >= 4 is 15.9 Å². The van der Waals surface area contributed by atoms with Crippen molar-refractivity contribution in [2.45, 2.75) is 18.6 Å². The van der Waals surface area contributed by atoms with Crippen LogP contribution in [0.4, 0.5) is 13.2 Å². The van der Waals surface area contributed by atoms with Gasteiger partial charge in [-0.2, -0.15) is 0 Å². The highest BCUT2D eigenvalue weighted by Crippen LogP contribution is 2.37. The Bertz CT molecular complexity index is 382. The number of aryl methyl sites for hydroxylation is 1. The standard InChI is InChI=1S/C9H9BrF3NO2/c1-5-6(3-10)8(16-9(11,12)13)7(15-2)4-14-5/h4H,3H2,1-2H3. The summed E-state index contributed by atoms with van der Waals surface area (Å²) in [5.41, 5.74) is 0.772. The second-order valence-electron chi connectivity index (χ2n) is 2.90. The lowest BCUT2D eigenvalue weighted by molar-refractivity contribution is -0.275. The molecule has 1 aromatic heterocycles. The van der Waals surface area contributed by atoms with Crippen LogP contribution in [-0.2, 0) is 5.33 Å². The highest BCUT2D eigenvalue weighted by molar-refractivity contribution is 9.08. The summed E-state index contributed by atoms with van der Waals surface area (Å²) >= 11 is 3.09. The zero-order chi connectivity index (χ0) is 12.3. The number of pyridine rings is 1. The quantitative estimate of drug-likeness (QED) is 0.803. The monoisotopic (exact) mass is 299 g/mol. The molecule has 1 aromatic rings. The van der Waals surface area contributed by atoms with Gasteiger partial charge in [-0.3, -0.25) is 4.98 Å². The first-order valence-corrected chi connectivity index (χ1v) is 5.35. The van der Waals surface area contributed by atoms with Gasteiger partial charge in [-0.25, -0.2) is 0 Å². The summed E-state index contributed by atoms with van der Waals surface area (Å²) in [5, 5.41) is 0.203. The summed E-state index contributed by atoms with van der Waals surface area (Å²) in [4.78, 5) is 3.91.